The zero-order valence-electron chi connectivity index (χ0n) is 19.2. The number of piperidine rings is 1. The van der Waals surface area contributed by atoms with Crippen LogP contribution in [0.3, 0.4) is 0 Å². The molecule has 2 aliphatic heterocycles. The third-order valence-electron chi connectivity index (χ3n) is 7.44. The van der Waals surface area contributed by atoms with E-state index in [1.807, 2.05) is 12.1 Å². The predicted molar refractivity (Wildman–Crippen MR) is 137 cm³/mol. The Bertz CT molecular complexity index is 852. The molecule has 2 fully saturated rings. The number of likely N-dealkylation sites (tertiary alicyclic amines) is 2. The molecule has 1 aromatic carbocycles. The van der Waals surface area contributed by atoms with Crippen LogP contribution in [-0.2, 0) is 6.54 Å². The Balaban J connectivity index is 1.36. The van der Waals surface area contributed by atoms with E-state index in [-0.39, 0.29) is 6.10 Å². The van der Waals surface area contributed by atoms with Crippen molar-refractivity contribution in [3.8, 4) is 0 Å². The van der Waals surface area contributed by atoms with Crippen molar-refractivity contribution in [2.75, 3.05) is 32.7 Å². The number of thiophene rings is 1. The van der Waals surface area contributed by atoms with E-state index in [9.17, 15) is 5.11 Å². The van der Waals surface area contributed by atoms with Gasteiger partial charge in [0.25, 0.3) is 0 Å². The third-order valence-corrected chi connectivity index (χ3v) is 8.73. The van der Waals surface area contributed by atoms with E-state index < -0.39 is 0 Å². The molecule has 6 heteroatoms. The first-order valence-electron chi connectivity index (χ1n) is 12.0. The van der Waals surface area contributed by atoms with Crippen LogP contribution in [0.1, 0.15) is 50.2 Å². The van der Waals surface area contributed by atoms with Crippen molar-refractivity contribution in [1.82, 2.24) is 9.80 Å². The van der Waals surface area contributed by atoms with Crippen LogP contribution in [0.15, 0.2) is 35.0 Å². The Labute approximate surface area is 207 Å². The number of hydrogen-bond donors (Lipinski definition) is 1. The Kier molecular flexibility index (Phi) is 8.58. The topological polar surface area (TPSA) is 26.7 Å². The minimum Gasteiger partial charge on any atom is -0.393 e. The third kappa shape index (κ3) is 6.28. The summed E-state index contributed by atoms with van der Waals surface area (Å²) in [6, 6.07) is 8.16. The molecule has 2 aromatic rings. The number of hydrogen-bond acceptors (Lipinski definition) is 4. The molecule has 0 aliphatic carbocycles. The van der Waals surface area contributed by atoms with E-state index in [0.717, 1.165) is 56.3 Å². The molecular weight excluding hydrogens is 459 g/mol. The number of rotatable bonds is 8. The fraction of sp³-hybridized carbons (Fsp3) is 0.615. The van der Waals surface area contributed by atoms with E-state index in [1.165, 1.54) is 18.4 Å². The van der Waals surface area contributed by atoms with E-state index in [0.29, 0.717) is 28.7 Å². The number of benzene rings is 1. The largest absolute Gasteiger partial charge is 0.393 e. The molecule has 0 radical (unpaired) electrons. The van der Waals surface area contributed by atoms with Crippen molar-refractivity contribution in [2.24, 2.45) is 17.8 Å². The summed E-state index contributed by atoms with van der Waals surface area (Å²) in [5, 5.41) is 16.3. The highest BCUT2D eigenvalue weighted by Gasteiger charge is 2.36. The van der Waals surface area contributed by atoms with Gasteiger partial charge in [-0.2, -0.15) is 11.3 Å². The van der Waals surface area contributed by atoms with Crippen molar-refractivity contribution in [2.45, 2.75) is 51.7 Å². The summed E-state index contributed by atoms with van der Waals surface area (Å²) in [4.78, 5) is 5.23. The van der Waals surface area contributed by atoms with Gasteiger partial charge in [-0.3, -0.25) is 4.90 Å². The Morgan fingerprint density at radius 1 is 1.09 bits per heavy atom. The van der Waals surface area contributed by atoms with Crippen LogP contribution >= 0.6 is 34.5 Å². The van der Waals surface area contributed by atoms with E-state index in [1.54, 1.807) is 11.3 Å². The minimum absolute atomic E-state index is 0.155. The lowest BCUT2D eigenvalue weighted by Gasteiger charge is -2.35. The summed E-state index contributed by atoms with van der Waals surface area (Å²) in [7, 11) is 0. The quantitative estimate of drug-likeness (QED) is 0.460. The Morgan fingerprint density at radius 3 is 2.53 bits per heavy atom. The lowest BCUT2D eigenvalue weighted by atomic mass is 9.86. The first kappa shape index (κ1) is 24.5. The first-order valence-corrected chi connectivity index (χ1v) is 13.7. The standard InChI is InChI=1S/C26H36Cl2N2OS/c1-18(2)26(31)11-19-5-8-29(9-6-19)14-22-15-30(16-24(22)21-7-10-32-17-21)13-20-3-4-23(27)12-25(20)28/h3-4,7,10,12,17-19,22,24,26,31H,5-6,8-9,11,13-16H2,1-2H3/t22?,24-,26?/m1/s1. The zero-order chi connectivity index (χ0) is 22.7. The lowest BCUT2D eigenvalue weighted by Crippen LogP contribution is -2.39. The highest BCUT2D eigenvalue weighted by molar-refractivity contribution is 7.08. The normalized spacial score (nSPS) is 24.4. The summed E-state index contributed by atoms with van der Waals surface area (Å²) in [5.41, 5.74) is 2.64. The summed E-state index contributed by atoms with van der Waals surface area (Å²) >= 11 is 14.4. The summed E-state index contributed by atoms with van der Waals surface area (Å²) in [6.07, 6.45) is 3.23. The molecular formula is C26H36Cl2N2OS. The van der Waals surface area contributed by atoms with Crippen LogP contribution in [0.25, 0.3) is 0 Å². The molecule has 176 valence electrons. The van der Waals surface area contributed by atoms with Crippen LogP contribution < -0.4 is 0 Å². The van der Waals surface area contributed by atoms with Gasteiger partial charge in [0.05, 0.1) is 6.10 Å². The van der Waals surface area contributed by atoms with Gasteiger partial charge in [-0.05, 0) is 90.2 Å². The molecule has 0 spiro atoms. The fourth-order valence-electron chi connectivity index (χ4n) is 5.38. The number of nitrogens with zero attached hydrogens (tertiary/aromatic N) is 2. The van der Waals surface area contributed by atoms with Crippen molar-refractivity contribution in [3.63, 3.8) is 0 Å². The molecule has 0 saturated carbocycles. The fourth-order valence-corrected chi connectivity index (χ4v) is 6.57. The van der Waals surface area contributed by atoms with E-state index in [2.05, 4.69) is 46.5 Å². The molecule has 3 nitrogen and oxygen atoms in total. The van der Waals surface area contributed by atoms with Crippen molar-refractivity contribution in [3.05, 3.63) is 56.2 Å². The molecule has 0 amide bonds. The molecule has 1 aromatic heterocycles. The van der Waals surface area contributed by atoms with Crippen molar-refractivity contribution in [1.29, 1.82) is 0 Å². The predicted octanol–water partition coefficient (Wildman–Crippen LogP) is 6.39. The van der Waals surface area contributed by atoms with Gasteiger partial charge in [-0.25, -0.2) is 0 Å². The highest BCUT2D eigenvalue weighted by atomic mass is 35.5. The van der Waals surface area contributed by atoms with Gasteiger partial charge in [0.1, 0.15) is 0 Å². The maximum atomic E-state index is 10.3. The molecule has 2 saturated heterocycles. The average Bonchev–Trinajstić information content (AvgIpc) is 3.41. The molecule has 1 N–H and O–H groups in total. The second-order valence-electron chi connectivity index (χ2n) is 10.1. The van der Waals surface area contributed by atoms with Crippen LogP contribution in [0.2, 0.25) is 10.0 Å². The number of aliphatic hydroxyl groups is 1. The maximum absolute atomic E-state index is 10.3. The highest BCUT2D eigenvalue weighted by Crippen LogP contribution is 2.37. The minimum atomic E-state index is -0.155. The van der Waals surface area contributed by atoms with E-state index in [4.69, 9.17) is 23.2 Å². The first-order chi connectivity index (χ1) is 15.4. The molecule has 2 unspecified atom stereocenters. The van der Waals surface area contributed by atoms with Crippen LogP contribution in [0.5, 0.6) is 0 Å². The average molecular weight is 496 g/mol. The SMILES string of the molecule is CC(C)C(O)CC1CCN(CC2CN(Cc3ccc(Cl)cc3Cl)C[C@@H]2c2ccsc2)CC1. The Morgan fingerprint density at radius 2 is 1.88 bits per heavy atom. The van der Waals surface area contributed by atoms with Gasteiger partial charge in [-0.1, -0.05) is 43.1 Å². The van der Waals surface area contributed by atoms with Crippen LogP contribution in [-0.4, -0.2) is 53.7 Å². The van der Waals surface area contributed by atoms with E-state index >= 15 is 0 Å². The van der Waals surface area contributed by atoms with Crippen molar-refractivity contribution >= 4 is 34.5 Å². The number of halogens is 2. The smallest absolute Gasteiger partial charge is 0.0565 e. The summed E-state index contributed by atoms with van der Waals surface area (Å²) in [6.45, 7) is 10.8. The van der Waals surface area contributed by atoms with Crippen LogP contribution in [0.4, 0.5) is 0 Å². The van der Waals surface area contributed by atoms with Gasteiger partial charge in [0.15, 0.2) is 0 Å². The second kappa shape index (κ2) is 11.2. The maximum Gasteiger partial charge on any atom is 0.0565 e. The van der Waals surface area contributed by atoms with Gasteiger partial charge in [-0.15, -0.1) is 0 Å². The molecule has 2 aliphatic rings. The Hall–Kier alpha value is -0.620. The molecule has 4 rings (SSSR count). The van der Waals surface area contributed by atoms with Gasteiger partial charge in [0.2, 0.25) is 0 Å². The molecule has 3 heterocycles. The van der Waals surface area contributed by atoms with Gasteiger partial charge < -0.3 is 10.0 Å². The van der Waals surface area contributed by atoms with Gasteiger partial charge >= 0.3 is 0 Å². The van der Waals surface area contributed by atoms with Gasteiger partial charge in [0, 0.05) is 42.1 Å². The monoisotopic (exact) mass is 494 g/mol. The molecule has 0 bridgehead atoms. The van der Waals surface area contributed by atoms with Crippen molar-refractivity contribution < 1.29 is 5.11 Å². The molecule has 32 heavy (non-hydrogen) atoms. The second-order valence-corrected chi connectivity index (χ2v) is 11.8. The lowest BCUT2D eigenvalue weighted by molar-refractivity contribution is 0.0726. The number of aliphatic hydroxyl groups excluding tert-OH is 1. The summed E-state index contributed by atoms with van der Waals surface area (Å²) < 4.78 is 0. The zero-order valence-corrected chi connectivity index (χ0v) is 21.5. The molecule has 3 atom stereocenters. The van der Waals surface area contributed by atoms with Crippen LogP contribution in [0, 0.1) is 17.8 Å². The summed E-state index contributed by atoms with van der Waals surface area (Å²) in [5.74, 6) is 2.24.